The van der Waals surface area contributed by atoms with Gasteiger partial charge in [-0.25, -0.2) is 0 Å². The topological polar surface area (TPSA) is 64.3 Å². The van der Waals surface area contributed by atoms with Crippen molar-refractivity contribution in [3.8, 4) is 0 Å². The van der Waals surface area contributed by atoms with Gasteiger partial charge in [0.1, 0.15) is 6.54 Å². The van der Waals surface area contributed by atoms with E-state index in [4.69, 9.17) is 10.5 Å². The third-order valence-electron chi connectivity index (χ3n) is 1.67. The summed E-state index contributed by atoms with van der Waals surface area (Å²) in [5.41, 5.74) is 5.15. The quantitative estimate of drug-likeness (QED) is 0.378. The summed E-state index contributed by atoms with van der Waals surface area (Å²) in [7, 11) is 0. The SMILES string of the molecule is CCCCCCOC(=O)CNC(N)=S. The van der Waals surface area contributed by atoms with Crippen molar-refractivity contribution in [3.63, 3.8) is 0 Å². The Labute approximate surface area is 90.2 Å². The van der Waals surface area contributed by atoms with Crippen molar-refractivity contribution in [2.75, 3.05) is 13.2 Å². The monoisotopic (exact) mass is 218 g/mol. The number of thiocarbonyl (C=S) groups is 1. The average Bonchev–Trinajstić information content (AvgIpc) is 2.14. The van der Waals surface area contributed by atoms with Crippen molar-refractivity contribution in [2.24, 2.45) is 5.73 Å². The highest BCUT2D eigenvalue weighted by molar-refractivity contribution is 7.80. The highest BCUT2D eigenvalue weighted by Gasteiger charge is 2.01. The molecule has 0 aliphatic carbocycles. The molecule has 0 aromatic carbocycles. The highest BCUT2D eigenvalue weighted by Crippen LogP contribution is 1.98. The van der Waals surface area contributed by atoms with Crippen LogP contribution in [0.15, 0.2) is 0 Å². The van der Waals surface area contributed by atoms with E-state index in [-0.39, 0.29) is 17.6 Å². The predicted octanol–water partition coefficient (Wildman–Crippen LogP) is 0.943. The fraction of sp³-hybridized carbons (Fsp3) is 0.778. The normalized spacial score (nSPS) is 9.50. The lowest BCUT2D eigenvalue weighted by molar-refractivity contribution is -0.142. The van der Waals surface area contributed by atoms with Crippen LogP contribution < -0.4 is 11.1 Å². The highest BCUT2D eigenvalue weighted by atomic mass is 32.1. The van der Waals surface area contributed by atoms with Gasteiger partial charge in [0.15, 0.2) is 5.11 Å². The van der Waals surface area contributed by atoms with Crippen molar-refractivity contribution in [3.05, 3.63) is 0 Å². The van der Waals surface area contributed by atoms with Crippen molar-refractivity contribution >= 4 is 23.3 Å². The van der Waals surface area contributed by atoms with Crippen LogP contribution in [-0.4, -0.2) is 24.2 Å². The summed E-state index contributed by atoms with van der Waals surface area (Å²) >= 11 is 4.54. The number of hydrogen-bond acceptors (Lipinski definition) is 3. The van der Waals surface area contributed by atoms with Crippen molar-refractivity contribution in [1.82, 2.24) is 5.32 Å². The lowest BCUT2D eigenvalue weighted by Crippen LogP contribution is -2.34. The van der Waals surface area contributed by atoms with E-state index >= 15 is 0 Å². The molecular formula is C9H18N2O2S. The molecule has 5 heteroatoms. The first-order chi connectivity index (χ1) is 6.66. The lowest BCUT2D eigenvalue weighted by atomic mass is 10.2. The molecule has 14 heavy (non-hydrogen) atoms. The van der Waals surface area contributed by atoms with Crippen LogP contribution in [0.25, 0.3) is 0 Å². The second kappa shape index (κ2) is 8.74. The Hall–Kier alpha value is -0.840. The van der Waals surface area contributed by atoms with Gasteiger partial charge in [-0.15, -0.1) is 0 Å². The van der Waals surface area contributed by atoms with E-state index in [2.05, 4.69) is 24.5 Å². The van der Waals surface area contributed by atoms with Crippen molar-refractivity contribution < 1.29 is 9.53 Å². The summed E-state index contributed by atoms with van der Waals surface area (Å²) in [6, 6.07) is 0. The average molecular weight is 218 g/mol. The first-order valence-corrected chi connectivity index (χ1v) is 5.26. The van der Waals surface area contributed by atoms with E-state index in [0.29, 0.717) is 6.61 Å². The van der Waals surface area contributed by atoms with E-state index < -0.39 is 0 Å². The molecule has 0 saturated heterocycles. The first-order valence-electron chi connectivity index (χ1n) is 4.85. The molecule has 0 unspecified atom stereocenters. The van der Waals surface area contributed by atoms with Crippen molar-refractivity contribution in [2.45, 2.75) is 32.6 Å². The molecule has 0 amide bonds. The second-order valence-corrected chi connectivity index (χ2v) is 3.44. The number of hydrogen-bond donors (Lipinski definition) is 2. The van der Waals surface area contributed by atoms with Gasteiger partial charge in [-0.1, -0.05) is 26.2 Å². The van der Waals surface area contributed by atoms with Crippen molar-refractivity contribution in [1.29, 1.82) is 0 Å². The summed E-state index contributed by atoms with van der Waals surface area (Å²) in [4.78, 5) is 11.0. The van der Waals surface area contributed by atoms with E-state index in [9.17, 15) is 4.79 Å². The Morgan fingerprint density at radius 3 is 2.71 bits per heavy atom. The predicted molar refractivity (Wildman–Crippen MR) is 59.9 cm³/mol. The Morgan fingerprint density at radius 1 is 1.43 bits per heavy atom. The summed E-state index contributed by atoms with van der Waals surface area (Å²) in [5.74, 6) is -0.311. The van der Waals surface area contributed by atoms with E-state index in [1.54, 1.807) is 0 Å². The minimum atomic E-state index is -0.311. The summed E-state index contributed by atoms with van der Waals surface area (Å²) in [6.07, 6.45) is 4.39. The molecule has 82 valence electrons. The fourth-order valence-electron chi connectivity index (χ4n) is 0.925. The molecule has 0 saturated carbocycles. The fourth-order valence-corrected chi connectivity index (χ4v) is 0.997. The number of rotatable bonds is 7. The van der Waals surface area contributed by atoms with Gasteiger partial charge in [0.2, 0.25) is 0 Å². The molecule has 0 aromatic heterocycles. The van der Waals surface area contributed by atoms with Crippen LogP contribution in [0.1, 0.15) is 32.6 Å². The maximum absolute atomic E-state index is 11.0. The van der Waals surface area contributed by atoms with Gasteiger partial charge in [0.25, 0.3) is 0 Å². The molecule has 0 rings (SSSR count). The minimum Gasteiger partial charge on any atom is -0.464 e. The molecular weight excluding hydrogens is 200 g/mol. The zero-order valence-electron chi connectivity index (χ0n) is 8.54. The number of ether oxygens (including phenoxy) is 1. The van der Waals surface area contributed by atoms with Crippen LogP contribution in [0.5, 0.6) is 0 Å². The molecule has 0 aromatic rings. The Kier molecular flexibility index (Phi) is 8.22. The molecule has 0 heterocycles. The molecule has 3 N–H and O–H groups in total. The zero-order chi connectivity index (χ0) is 10.8. The van der Waals surface area contributed by atoms with Gasteiger partial charge in [-0.05, 0) is 18.6 Å². The van der Waals surface area contributed by atoms with Crippen LogP contribution >= 0.6 is 12.2 Å². The largest absolute Gasteiger partial charge is 0.464 e. The summed E-state index contributed by atoms with van der Waals surface area (Å²) < 4.78 is 4.92. The second-order valence-electron chi connectivity index (χ2n) is 3.00. The minimum absolute atomic E-state index is 0.0586. The third kappa shape index (κ3) is 9.25. The Balaban J connectivity index is 3.22. The summed E-state index contributed by atoms with van der Waals surface area (Å²) in [6.45, 7) is 2.68. The van der Waals surface area contributed by atoms with Gasteiger partial charge in [0.05, 0.1) is 6.61 Å². The van der Waals surface area contributed by atoms with Crippen LogP contribution in [0.4, 0.5) is 0 Å². The third-order valence-corrected chi connectivity index (χ3v) is 1.81. The number of unbranched alkanes of at least 4 members (excludes halogenated alkanes) is 3. The molecule has 0 bridgehead atoms. The summed E-state index contributed by atoms with van der Waals surface area (Å²) in [5, 5.41) is 2.65. The van der Waals surface area contributed by atoms with Crippen LogP contribution in [0.3, 0.4) is 0 Å². The molecule has 0 atom stereocenters. The van der Waals surface area contributed by atoms with E-state index in [1.165, 1.54) is 12.8 Å². The Morgan fingerprint density at radius 2 is 2.14 bits per heavy atom. The maximum atomic E-state index is 11.0. The van der Waals surface area contributed by atoms with Crippen LogP contribution in [-0.2, 0) is 9.53 Å². The molecule has 0 fully saturated rings. The number of nitrogens with one attached hydrogen (secondary N) is 1. The molecule has 0 spiro atoms. The number of esters is 1. The number of nitrogens with two attached hydrogens (primary N) is 1. The number of carbonyl (C=O) groups excluding carboxylic acids is 1. The molecule has 0 aliphatic rings. The van der Waals surface area contributed by atoms with E-state index in [1.807, 2.05) is 0 Å². The van der Waals surface area contributed by atoms with Gasteiger partial charge >= 0.3 is 5.97 Å². The first kappa shape index (κ1) is 13.2. The van der Waals surface area contributed by atoms with Gasteiger partial charge in [-0.3, -0.25) is 4.79 Å². The van der Waals surface area contributed by atoms with Gasteiger partial charge in [0, 0.05) is 0 Å². The van der Waals surface area contributed by atoms with Gasteiger partial charge < -0.3 is 15.8 Å². The van der Waals surface area contributed by atoms with Crippen LogP contribution in [0, 0.1) is 0 Å². The molecule has 0 radical (unpaired) electrons. The molecule has 4 nitrogen and oxygen atoms in total. The van der Waals surface area contributed by atoms with Crippen LogP contribution in [0.2, 0.25) is 0 Å². The van der Waals surface area contributed by atoms with Gasteiger partial charge in [-0.2, -0.15) is 0 Å². The maximum Gasteiger partial charge on any atom is 0.325 e. The zero-order valence-corrected chi connectivity index (χ0v) is 9.36. The molecule has 0 aliphatic heterocycles. The smallest absolute Gasteiger partial charge is 0.325 e. The standard InChI is InChI=1S/C9H18N2O2S/c1-2-3-4-5-6-13-8(12)7-11-9(10)14/h2-7H2,1H3,(H3,10,11,14). The van der Waals surface area contributed by atoms with E-state index in [0.717, 1.165) is 12.8 Å². The Bertz CT molecular complexity index is 186. The lowest BCUT2D eigenvalue weighted by Gasteiger charge is -2.05. The number of carbonyl (C=O) groups is 1.